The molecule has 28 heavy (non-hydrogen) atoms. The van der Waals surface area contributed by atoms with Gasteiger partial charge in [0.1, 0.15) is 0 Å². The number of thiazole rings is 1. The summed E-state index contributed by atoms with van der Waals surface area (Å²) in [5.74, 6) is -0.364. The highest BCUT2D eigenvalue weighted by Gasteiger charge is 2.14. The number of anilines is 1. The molecule has 0 aliphatic heterocycles. The summed E-state index contributed by atoms with van der Waals surface area (Å²) in [6.07, 6.45) is 2.73. The third-order valence-electron chi connectivity index (χ3n) is 4.00. The van der Waals surface area contributed by atoms with E-state index in [1.807, 2.05) is 18.2 Å². The first-order valence-corrected chi connectivity index (χ1v) is 10.5. The van der Waals surface area contributed by atoms with E-state index in [1.165, 1.54) is 16.9 Å². The first-order chi connectivity index (χ1) is 13.5. The Morgan fingerprint density at radius 3 is 2.54 bits per heavy atom. The van der Waals surface area contributed by atoms with E-state index < -0.39 is 0 Å². The van der Waals surface area contributed by atoms with Gasteiger partial charge in [0, 0.05) is 40.0 Å². The molecular weight excluding hydrogens is 438 g/mol. The van der Waals surface area contributed by atoms with Crippen molar-refractivity contribution in [2.75, 3.05) is 5.32 Å². The second-order valence-corrected chi connectivity index (χ2v) is 8.46. The normalized spacial score (nSPS) is 11.6. The standard InChI is InChI=1S/C21H20BrN3O2S/c1-14(24-20(27)16-5-3-2-4-6-16)11-19(26)25-21-23-13-18(28-21)12-15-7-9-17(22)10-8-15/h2-10,13-14H,11-12H2,1H3,(H,24,27)(H,23,25,26)/t14-/m1/s1. The van der Waals surface area contributed by atoms with Gasteiger partial charge in [0.05, 0.1) is 0 Å². The van der Waals surface area contributed by atoms with Crippen molar-refractivity contribution in [2.24, 2.45) is 0 Å². The highest BCUT2D eigenvalue weighted by molar-refractivity contribution is 9.10. The zero-order chi connectivity index (χ0) is 19.9. The second kappa shape index (κ2) is 9.61. The monoisotopic (exact) mass is 457 g/mol. The Labute approximate surface area is 176 Å². The molecule has 0 aliphatic rings. The molecule has 2 amide bonds. The molecule has 0 aliphatic carbocycles. The molecule has 3 aromatic rings. The zero-order valence-corrected chi connectivity index (χ0v) is 17.7. The number of benzene rings is 2. The Morgan fingerprint density at radius 2 is 1.82 bits per heavy atom. The smallest absolute Gasteiger partial charge is 0.251 e. The molecule has 2 N–H and O–H groups in total. The summed E-state index contributed by atoms with van der Waals surface area (Å²) in [7, 11) is 0. The maximum Gasteiger partial charge on any atom is 0.251 e. The Balaban J connectivity index is 1.48. The Morgan fingerprint density at radius 1 is 1.11 bits per heavy atom. The average Bonchev–Trinajstić information content (AvgIpc) is 3.10. The van der Waals surface area contributed by atoms with Gasteiger partial charge in [-0.15, -0.1) is 11.3 Å². The second-order valence-electron chi connectivity index (χ2n) is 6.43. The molecular formula is C21H20BrN3O2S. The average molecular weight is 458 g/mol. The lowest BCUT2D eigenvalue weighted by atomic mass is 10.1. The summed E-state index contributed by atoms with van der Waals surface area (Å²) >= 11 is 4.88. The lowest BCUT2D eigenvalue weighted by molar-refractivity contribution is -0.116. The molecule has 0 bridgehead atoms. The molecule has 7 heteroatoms. The molecule has 0 saturated carbocycles. The van der Waals surface area contributed by atoms with Gasteiger partial charge in [-0.1, -0.05) is 46.3 Å². The minimum atomic E-state index is -0.282. The SMILES string of the molecule is C[C@H](CC(=O)Nc1ncc(Cc2ccc(Br)cc2)s1)NC(=O)c1ccccc1. The van der Waals surface area contributed by atoms with E-state index in [-0.39, 0.29) is 24.3 Å². The number of nitrogens with zero attached hydrogens (tertiary/aromatic N) is 1. The van der Waals surface area contributed by atoms with E-state index in [9.17, 15) is 9.59 Å². The minimum Gasteiger partial charge on any atom is -0.349 e. The minimum absolute atomic E-state index is 0.176. The highest BCUT2D eigenvalue weighted by Crippen LogP contribution is 2.22. The van der Waals surface area contributed by atoms with E-state index in [4.69, 9.17) is 0 Å². The fourth-order valence-electron chi connectivity index (χ4n) is 2.65. The van der Waals surface area contributed by atoms with Gasteiger partial charge in [-0.05, 0) is 36.8 Å². The van der Waals surface area contributed by atoms with Crippen LogP contribution < -0.4 is 10.6 Å². The molecule has 0 saturated heterocycles. The topological polar surface area (TPSA) is 71.1 Å². The van der Waals surface area contributed by atoms with Crippen LogP contribution in [0.4, 0.5) is 5.13 Å². The summed E-state index contributed by atoms with van der Waals surface area (Å²) < 4.78 is 1.04. The fraction of sp³-hybridized carbons (Fsp3) is 0.190. The first kappa shape index (κ1) is 20.2. The highest BCUT2D eigenvalue weighted by atomic mass is 79.9. The predicted molar refractivity (Wildman–Crippen MR) is 116 cm³/mol. The van der Waals surface area contributed by atoms with Crippen LogP contribution in [-0.4, -0.2) is 22.8 Å². The Hall–Kier alpha value is -2.51. The maximum absolute atomic E-state index is 12.2. The number of hydrogen-bond acceptors (Lipinski definition) is 4. The van der Waals surface area contributed by atoms with Crippen molar-refractivity contribution in [1.29, 1.82) is 0 Å². The quantitative estimate of drug-likeness (QED) is 0.542. The molecule has 0 fully saturated rings. The third-order valence-corrected chi connectivity index (χ3v) is 5.44. The van der Waals surface area contributed by atoms with Crippen LogP contribution in [0.15, 0.2) is 65.3 Å². The number of rotatable bonds is 7. The third kappa shape index (κ3) is 6.00. The summed E-state index contributed by atoms with van der Waals surface area (Å²) in [6, 6.07) is 16.8. The summed E-state index contributed by atoms with van der Waals surface area (Å²) in [4.78, 5) is 29.7. The van der Waals surface area contributed by atoms with Crippen LogP contribution in [0.5, 0.6) is 0 Å². The van der Waals surface area contributed by atoms with E-state index in [2.05, 4.69) is 43.7 Å². The van der Waals surface area contributed by atoms with Crippen molar-refractivity contribution in [3.8, 4) is 0 Å². The lowest BCUT2D eigenvalue weighted by Gasteiger charge is -2.13. The number of carbonyl (C=O) groups excluding carboxylic acids is 2. The lowest BCUT2D eigenvalue weighted by Crippen LogP contribution is -2.35. The van der Waals surface area contributed by atoms with E-state index in [1.54, 1.807) is 37.4 Å². The summed E-state index contributed by atoms with van der Waals surface area (Å²) in [5, 5.41) is 6.21. The molecule has 0 unspecified atom stereocenters. The number of nitrogens with one attached hydrogen (secondary N) is 2. The molecule has 1 aromatic heterocycles. The largest absolute Gasteiger partial charge is 0.349 e. The molecule has 0 spiro atoms. The predicted octanol–water partition coefficient (Wildman–Crippen LogP) is 4.64. The van der Waals surface area contributed by atoms with Crippen LogP contribution in [0.2, 0.25) is 0 Å². The number of halogens is 1. The Kier molecular flexibility index (Phi) is 6.95. The maximum atomic E-state index is 12.2. The van der Waals surface area contributed by atoms with Gasteiger partial charge < -0.3 is 10.6 Å². The molecule has 2 aromatic carbocycles. The fourth-order valence-corrected chi connectivity index (χ4v) is 3.77. The molecule has 0 radical (unpaired) electrons. The van der Waals surface area contributed by atoms with Crippen molar-refractivity contribution in [3.05, 3.63) is 81.3 Å². The Bertz CT molecular complexity index is 942. The van der Waals surface area contributed by atoms with E-state index >= 15 is 0 Å². The van der Waals surface area contributed by atoms with E-state index in [0.717, 1.165) is 15.8 Å². The number of carbonyl (C=O) groups is 2. The molecule has 5 nitrogen and oxygen atoms in total. The molecule has 1 heterocycles. The van der Waals surface area contributed by atoms with Gasteiger partial charge in [0.15, 0.2) is 5.13 Å². The van der Waals surface area contributed by atoms with Gasteiger partial charge in [0.25, 0.3) is 5.91 Å². The van der Waals surface area contributed by atoms with Crippen LogP contribution in [0.1, 0.15) is 34.1 Å². The molecule has 1 atom stereocenters. The van der Waals surface area contributed by atoms with Crippen molar-refractivity contribution in [3.63, 3.8) is 0 Å². The molecule has 3 rings (SSSR count). The van der Waals surface area contributed by atoms with Crippen LogP contribution in [-0.2, 0) is 11.2 Å². The first-order valence-electron chi connectivity index (χ1n) is 8.84. The molecule has 144 valence electrons. The van der Waals surface area contributed by atoms with Crippen molar-refractivity contribution in [2.45, 2.75) is 25.8 Å². The summed E-state index contributed by atoms with van der Waals surface area (Å²) in [5.41, 5.74) is 1.76. The number of amides is 2. The number of aromatic nitrogens is 1. The van der Waals surface area contributed by atoms with Crippen molar-refractivity contribution in [1.82, 2.24) is 10.3 Å². The van der Waals surface area contributed by atoms with Gasteiger partial charge >= 0.3 is 0 Å². The van der Waals surface area contributed by atoms with Crippen LogP contribution in [0.3, 0.4) is 0 Å². The van der Waals surface area contributed by atoms with Crippen LogP contribution in [0.25, 0.3) is 0 Å². The van der Waals surface area contributed by atoms with Gasteiger partial charge in [-0.2, -0.15) is 0 Å². The van der Waals surface area contributed by atoms with Gasteiger partial charge in [-0.3, -0.25) is 9.59 Å². The van der Waals surface area contributed by atoms with E-state index in [0.29, 0.717) is 10.7 Å². The summed E-state index contributed by atoms with van der Waals surface area (Å²) in [6.45, 7) is 1.81. The number of hydrogen-bond donors (Lipinski definition) is 2. The van der Waals surface area contributed by atoms with Gasteiger partial charge in [-0.25, -0.2) is 4.98 Å². The van der Waals surface area contributed by atoms with Gasteiger partial charge in [0.2, 0.25) is 5.91 Å². The zero-order valence-electron chi connectivity index (χ0n) is 15.3. The van der Waals surface area contributed by atoms with Crippen molar-refractivity contribution < 1.29 is 9.59 Å². The van der Waals surface area contributed by atoms with Crippen molar-refractivity contribution >= 4 is 44.2 Å². The van der Waals surface area contributed by atoms with Crippen LogP contribution in [0, 0.1) is 0 Å². The van der Waals surface area contributed by atoms with Crippen LogP contribution >= 0.6 is 27.3 Å².